The van der Waals surface area contributed by atoms with Crippen molar-refractivity contribution in [1.29, 1.82) is 0 Å². The Balaban J connectivity index is 2.30. The molecule has 0 spiro atoms. The van der Waals surface area contributed by atoms with Crippen molar-refractivity contribution in [3.63, 3.8) is 0 Å². The fourth-order valence-electron chi connectivity index (χ4n) is 2.78. The number of unbranched alkanes of at least 4 members (excludes halogenated alkanes) is 1. The van der Waals surface area contributed by atoms with Gasteiger partial charge in [0, 0.05) is 18.0 Å². The van der Waals surface area contributed by atoms with E-state index in [0.29, 0.717) is 6.04 Å². The van der Waals surface area contributed by atoms with E-state index in [4.69, 9.17) is 4.74 Å². The monoisotopic (exact) mass is 261 g/mol. The van der Waals surface area contributed by atoms with E-state index >= 15 is 0 Å². The molecule has 1 heterocycles. The average Bonchev–Trinajstić information content (AvgIpc) is 2.34. The largest absolute Gasteiger partial charge is 0.487 e. The quantitative estimate of drug-likeness (QED) is 0.816. The number of ether oxygens (including phenoxy) is 1. The Morgan fingerprint density at radius 1 is 1.32 bits per heavy atom. The second kappa shape index (κ2) is 5.54. The van der Waals surface area contributed by atoms with Crippen molar-refractivity contribution >= 4 is 0 Å². The van der Waals surface area contributed by atoms with Crippen LogP contribution in [0, 0.1) is 13.8 Å². The maximum atomic E-state index is 6.23. The summed E-state index contributed by atoms with van der Waals surface area (Å²) in [7, 11) is 0. The van der Waals surface area contributed by atoms with Gasteiger partial charge in [0.1, 0.15) is 11.4 Å². The zero-order chi connectivity index (χ0) is 14.0. The fraction of sp³-hybridized carbons (Fsp3) is 0.647. The van der Waals surface area contributed by atoms with Crippen molar-refractivity contribution in [2.24, 2.45) is 0 Å². The second-order valence-corrected chi connectivity index (χ2v) is 6.35. The van der Waals surface area contributed by atoms with E-state index < -0.39 is 0 Å². The van der Waals surface area contributed by atoms with E-state index in [-0.39, 0.29) is 5.60 Å². The summed E-state index contributed by atoms with van der Waals surface area (Å²) < 4.78 is 6.23. The number of rotatable bonds is 4. The summed E-state index contributed by atoms with van der Waals surface area (Å²) in [5.41, 5.74) is 3.84. The van der Waals surface area contributed by atoms with Crippen LogP contribution in [0.2, 0.25) is 0 Å². The van der Waals surface area contributed by atoms with Gasteiger partial charge in [-0.3, -0.25) is 0 Å². The lowest BCUT2D eigenvalue weighted by Crippen LogP contribution is -2.40. The predicted molar refractivity (Wildman–Crippen MR) is 80.9 cm³/mol. The molecule has 106 valence electrons. The Morgan fingerprint density at radius 2 is 2.05 bits per heavy atom. The van der Waals surface area contributed by atoms with Crippen LogP contribution in [0.15, 0.2) is 12.1 Å². The summed E-state index contributed by atoms with van der Waals surface area (Å²) in [6.45, 7) is 12.0. The molecule has 1 aromatic rings. The van der Waals surface area contributed by atoms with Crippen molar-refractivity contribution in [3.05, 3.63) is 28.8 Å². The molecule has 0 amide bonds. The Bertz CT molecular complexity index is 451. The fourth-order valence-corrected chi connectivity index (χ4v) is 2.78. The first kappa shape index (κ1) is 14.4. The molecule has 0 saturated heterocycles. The van der Waals surface area contributed by atoms with Crippen LogP contribution in [0.25, 0.3) is 0 Å². The normalized spacial score (nSPS) is 20.8. The highest BCUT2D eigenvalue weighted by atomic mass is 16.5. The molecule has 0 saturated carbocycles. The number of fused-ring (bicyclic) bond motifs is 1. The third-order valence-electron chi connectivity index (χ3n) is 4.08. The van der Waals surface area contributed by atoms with E-state index in [1.165, 1.54) is 29.5 Å². The van der Waals surface area contributed by atoms with Crippen molar-refractivity contribution in [3.8, 4) is 5.75 Å². The number of nitrogens with one attached hydrogen (secondary N) is 1. The lowest BCUT2D eigenvalue weighted by atomic mass is 9.87. The van der Waals surface area contributed by atoms with Crippen LogP contribution in [0.5, 0.6) is 5.75 Å². The Labute approximate surface area is 117 Å². The van der Waals surface area contributed by atoms with Gasteiger partial charge in [0.05, 0.1) is 0 Å². The maximum absolute atomic E-state index is 6.23. The second-order valence-electron chi connectivity index (χ2n) is 6.35. The molecular formula is C17H27NO. The zero-order valence-corrected chi connectivity index (χ0v) is 13.0. The van der Waals surface area contributed by atoms with Crippen LogP contribution in [0.3, 0.4) is 0 Å². The molecule has 1 atom stereocenters. The minimum atomic E-state index is -0.0879. The van der Waals surface area contributed by atoms with E-state index in [1.807, 2.05) is 0 Å². The van der Waals surface area contributed by atoms with Crippen molar-refractivity contribution in [1.82, 2.24) is 5.32 Å². The highest BCUT2D eigenvalue weighted by molar-refractivity contribution is 5.48. The van der Waals surface area contributed by atoms with Gasteiger partial charge >= 0.3 is 0 Å². The molecule has 2 heteroatoms. The van der Waals surface area contributed by atoms with Crippen LogP contribution >= 0.6 is 0 Å². The first-order chi connectivity index (χ1) is 8.94. The molecule has 0 fully saturated rings. The van der Waals surface area contributed by atoms with E-state index in [9.17, 15) is 0 Å². The maximum Gasteiger partial charge on any atom is 0.128 e. The number of aryl methyl sites for hydroxylation is 1. The van der Waals surface area contributed by atoms with E-state index in [1.54, 1.807) is 0 Å². The molecule has 1 unspecified atom stereocenters. The van der Waals surface area contributed by atoms with Crippen LogP contribution in [0.1, 0.15) is 62.8 Å². The molecule has 1 aliphatic heterocycles. The first-order valence-electron chi connectivity index (χ1n) is 7.47. The molecule has 2 rings (SSSR count). The summed E-state index contributed by atoms with van der Waals surface area (Å²) in [5.74, 6) is 1.10. The smallest absolute Gasteiger partial charge is 0.128 e. The molecule has 0 aliphatic carbocycles. The Hall–Kier alpha value is -1.02. The van der Waals surface area contributed by atoms with Gasteiger partial charge < -0.3 is 10.1 Å². The molecular weight excluding hydrogens is 234 g/mol. The topological polar surface area (TPSA) is 21.3 Å². The predicted octanol–water partition coefficient (Wildman–Crippen LogP) is 4.30. The highest BCUT2D eigenvalue weighted by Gasteiger charge is 2.34. The molecule has 2 nitrogen and oxygen atoms in total. The van der Waals surface area contributed by atoms with Crippen molar-refractivity contribution in [2.75, 3.05) is 6.54 Å². The molecule has 19 heavy (non-hydrogen) atoms. The standard InChI is InChI=1S/C17H27NO/c1-6-7-10-18-15-11-17(4,5)19-16-13(3)12(2)8-9-14(15)16/h8-9,15,18H,6-7,10-11H2,1-5H3. The van der Waals surface area contributed by atoms with Crippen LogP contribution < -0.4 is 10.1 Å². The first-order valence-corrected chi connectivity index (χ1v) is 7.47. The van der Waals surface area contributed by atoms with E-state index in [2.05, 4.69) is 52.1 Å². The van der Waals surface area contributed by atoms with Gasteiger partial charge in [-0.2, -0.15) is 0 Å². The van der Waals surface area contributed by atoms with Gasteiger partial charge in [-0.05, 0) is 51.8 Å². The zero-order valence-electron chi connectivity index (χ0n) is 13.0. The van der Waals surface area contributed by atoms with Gasteiger partial charge in [0.2, 0.25) is 0 Å². The van der Waals surface area contributed by atoms with Crippen LogP contribution in [-0.2, 0) is 0 Å². The van der Waals surface area contributed by atoms with Gasteiger partial charge in [-0.25, -0.2) is 0 Å². The number of hydrogen-bond acceptors (Lipinski definition) is 2. The number of benzene rings is 1. The average molecular weight is 261 g/mol. The van der Waals surface area contributed by atoms with Crippen molar-refractivity contribution < 1.29 is 4.74 Å². The third kappa shape index (κ3) is 3.11. The molecule has 1 N–H and O–H groups in total. The van der Waals surface area contributed by atoms with Gasteiger partial charge in [-0.15, -0.1) is 0 Å². The summed E-state index contributed by atoms with van der Waals surface area (Å²) >= 11 is 0. The Kier molecular flexibility index (Phi) is 4.19. The third-order valence-corrected chi connectivity index (χ3v) is 4.08. The lowest BCUT2D eigenvalue weighted by molar-refractivity contribution is 0.0651. The molecule has 0 bridgehead atoms. The number of hydrogen-bond donors (Lipinski definition) is 1. The van der Waals surface area contributed by atoms with Gasteiger partial charge in [0.25, 0.3) is 0 Å². The van der Waals surface area contributed by atoms with Crippen LogP contribution in [0.4, 0.5) is 0 Å². The SMILES string of the molecule is CCCCNC1CC(C)(C)Oc2c1ccc(C)c2C. The highest BCUT2D eigenvalue weighted by Crippen LogP contribution is 2.42. The minimum Gasteiger partial charge on any atom is -0.487 e. The molecule has 1 aromatic carbocycles. The van der Waals surface area contributed by atoms with Gasteiger partial charge in [0.15, 0.2) is 0 Å². The van der Waals surface area contributed by atoms with Gasteiger partial charge in [-0.1, -0.05) is 25.5 Å². The van der Waals surface area contributed by atoms with Crippen molar-refractivity contribution in [2.45, 2.75) is 65.5 Å². The Morgan fingerprint density at radius 3 is 2.74 bits per heavy atom. The summed E-state index contributed by atoms with van der Waals surface area (Å²) in [6, 6.07) is 4.87. The molecule has 0 radical (unpaired) electrons. The minimum absolute atomic E-state index is 0.0879. The lowest BCUT2D eigenvalue weighted by Gasteiger charge is -2.39. The molecule has 0 aromatic heterocycles. The summed E-state index contributed by atoms with van der Waals surface area (Å²) in [4.78, 5) is 0. The summed E-state index contributed by atoms with van der Waals surface area (Å²) in [6.07, 6.45) is 3.50. The summed E-state index contributed by atoms with van der Waals surface area (Å²) in [5, 5.41) is 3.70. The van der Waals surface area contributed by atoms with E-state index in [0.717, 1.165) is 18.7 Å². The van der Waals surface area contributed by atoms with Crippen LogP contribution in [-0.4, -0.2) is 12.1 Å². The molecule has 1 aliphatic rings.